The van der Waals surface area contributed by atoms with Gasteiger partial charge in [-0.25, -0.2) is 0 Å². The molecule has 1 atom stereocenters. The van der Waals surface area contributed by atoms with E-state index in [2.05, 4.69) is 13.8 Å². The number of hydrogen-bond acceptors (Lipinski definition) is 2. The summed E-state index contributed by atoms with van der Waals surface area (Å²) in [5.41, 5.74) is 5.46. The molecule has 1 unspecified atom stereocenters. The molecular formula is C15H33NO. The first-order valence-electron chi connectivity index (χ1n) is 7.62. The zero-order valence-electron chi connectivity index (χ0n) is 12.0. The molecular weight excluding hydrogens is 210 g/mol. The molecule has 0 aromatic rings. The minimum absolute atomic E-state index is 0.746. The predicted octanol–water partition coefficient (Wildman–Crippen LogP) is 4.13. The van der Waals surface area contributed by atoms with Crippen LogP contribution in [0.2, 0.25) is 0 Å². The van der Waals surface area contributed by atoms with Gasteiger partial charge in [-0.05, 0) is 31.7 Å². The van der Waals surface area contributed by atoms with Crippen LogP contribution in [0.4, 0.5) is 0 Å². The molecule has 0 radical (unpaired) electrons. The van der Waals surface area contributed by atoms with Crippen LogP contribution in [0.5, 0.6) is 0 Å². The van der Waals surface area contributed by atoms with Crippen molar-refractivity contribution in [2.45, 2.75) is 71.6 Å². The lowest BCUT2D eigenvalue weighted by Gasteiger charge is -2.16. The Morgan fingerprint density at radius 2 is 1.59 bits per heavy atom. The van der Waals surface area contributed by atoms with Crippen LogP contribution in [0, 0.1) is 5.92 Å². The Labute approximate surface area is 108 Å². The molecule has 0 aromatic carbocycles. The highest BCUT2D eigenvalue weighted by atomic mass is 16.5. The highest BCUT2D eigenvalue weighted by molar-refractivity contribution is 4.59. The lowest BCUT2D eigenvalue weighted by atomic mass is 9.96. The summed E-state index contributed by atoms with van der Waals surface area (Å²) in [4.78, 5) is 0. The van der Waals surface area contributed by atoms with E-state index in [1.54, 1.807) is 0 Å². The number of unbranched alkanes of at least 4 members (excludes halogenated alkanes) is 4. The highest BCUT2D eigenvalue weighted by Crippen LogP contribution is 2.17. The van der Waals surface area contributed by atoms with Crippen LogP contribution in [-0.4, -0.2) is 19.8 Å². The summed E-state index contributed by atoms with van der Waals surface area (Å²) in [5, 5.41) is 0. The van der Waals surface area contributed by atoms with Gasteiger partial charge in [-0.2, -0.15) is 0 Å². The van der Waals surface area contributed by atoms with E-state index in [0.29, 0.717) is 0 Å². The number of hydrogen-bond donors (Lipinski definition) is 1. The molecule has 2 N–H and O–H groups in total. The minimum Gasteiger partial charge on any atom is -0.381 e. The summed E-state index contributed by atoms with van der Waals surface area (Å²) in [7, 11) is 0. The Kier molecular flexibility index (Phi) is 13.9. The van der Waals surface area contributed by atoms with Gasteiger partial charge in [0.15, 0.2) is 0 Å². The molecule has 0 aliphatic rings. The van der Waals surface area contributed by atoms with Crippen LogP contribution >= 0.6 is 0 Å². The fourth-order valence-electron chi connectivity index (χ4n) is 2.10. The average Bonchev–Trinajstić information content (AvgIpc) is 2.35. The molecule has 0 saturated heterocycles. The van der Waals surface area contributed by atoms with Crippen molar-refractivity contribution in [1.82, 2.24) is 0 Å². The Hall–Kier alpha value is -0.0800. The van der Waals surface area contributed by atoms with Crippen molar-refractivity contribution in [2.24, 2.45) is 11.7 Å². The van der Waals surface area contributed by atoms with Crippen LogP contribution in [0.15, 0.2) is 0 Å². The number of ether oxygens (including phenoxy) is 1. The van der Waals surface area contributed by atoms with Gasteiger partial charge in [0.05, 0.1) is 0 Å². The molecule has 104 valence electrons. The second-order valence-corrected chi connectivity index (χ2v) is 5.07. The third-order valence-corrected chi connectivity index (χ3v) is 3.28. The largest absolute Gasteiger partial charge is 0.381 e. The molecule has 17 heavy (non-hydrogen) atoms. The molecule has 2 heteroatoms. The van der Waals surface area contributed by atoms with Gasteiger partial charge < -0.3 is 10.5 Å². The van der Waals surface area contributed by atoms with E-state index in [9.17, 15) is 0 Å². The van der Waals surface area contributed by atoms with Crippen molar-refractivity contribution in [3.8, 4) is 0 Å². The Morgan fingerprint density at radius 1 is 0.882 bits per heavy atom. The van der Waals surface area contributed by atoms with Crippen molar-refractivity contribution < 1.29 is 4.74 Å². The van der Waals surface area contributed by atoms with Gasteiger partial charge in [-0.1, -0.05) is 52.4 Å². The average molecular weight is 243 g/mol. The fraction of sp³-hybridized carbons (Fsp3) is 1.00. The summed E-state index contributed by atoms with van der Waals surface area (Å²) in [6.07, 6.45) is 11.8. The van der Waals surface area contributed by atoms with E-state index in [-0.39, 0.29) is 0 Å². The van der Waals surface area contributed by atoms with E-state index in [1.165, 1.54) is 51.4 Å². The maximum atomic E-state index is 5.71. The predicted molar refractivity (Wildman–Crippen MR) is 76.3 cm³/mol. The van der Waals surface area contributed by atoms with Crippen molar-refractivity contribution in [3.63, 3.8) is 0 Å². The van der Waals surface area contributed by atoms with Gasteiger partial charge in [0, 0.05) is 13.2 Å². The lowest BCUT2D eigenvalue weighted by Crippen LogP contribution is -2.12. The maximum Gasteiger partial charge on any atom is 0.0494 e. The number of rotatable bonds is 13. The van der Waals surface area contributed by atoms with E-state index in [1.807, 2.05) is 0 Å². The second-order valence-electron chi connectivity index (χ2n) is 5.07. The maximum absolute atomic E-state index is 5.71. The zero-order valence-corrected chi connectivity index (χ0v) is 12.0. The summed E-state index contributed by atoms with van der Waals surface area (Å²) < 4.78 is 5.71. The quantitative estimate of drug-likeness (QED) is 0.494. The van der Waals surface area contributed by atoms with E-state index < -0.39 is 0 Å². The van der Waals surface area contributed by atoms with E-state index >= 15 is 0 Å². The van der Waals surface area contributed by atoms with E-state index in [0.717, 1.165) is 32.1 Å². The molecule has 0 heterocycles. The SMILES string of the molecule is CCCCCCC(CCCC)COCCCN. The van der Waals surface area contributed by atoms with Gasteiger partial charge in [0.25, 0.3) is 0 Å². The third kappa shape index (κ3) is 12.2. The van der Waals surface area contributed by atoms with E-state index in [4.69, 9.17) is 10.5 Å². The normalized spacial score (nSPS) is 12.9. The molecule has 0 saturated carbocycles. The lowest BCUT2D eigenvalue weighted by molar-refractivity contribution is 0.0905. The number of nitrogens with two attached hydrogens (primary N) is 1. The van der Waals surface area contributed by atoms with Crippen LogP contribution < -0.4 is 5.73 Å². The third-order valence-electron chi connectivity index (χ3n) is 3.28. The van der Waals surface area contributed by atoms with Crippen LogP contribution in [0.25, 0.3) is 0 Å². The summed E-state index contributed by atoms with van der Waals surface area (Å²) in [5.74, 6) is 0.782. The fourth-order valence-corrected chi connectivity index (χ4v) is 2.10. The Morgan fingerprint density at radius 3 is 2.24 bits per heavy atom. The Balaban J connectivity index is 3.56. The first-order chi connectivity index (χ1) is 8.35. The van der Waals surface area contributed by atoms with Crippen molar-refractivity contribution in [3.05, 3.63) is 0 Å². The second kappa shape index (κ2) is 14.0. The van der Waals surface area contributed by atoms with Gasteiger partial charge >= 0.3 is 0 Å². The van der Waals surface area contributed by atoms with Gasteiger partial charge in [-0.3, -0.25) is 0 Å². The monoisotopic (exact) mass is 243 g/mol. The standard InChI is InChI=1S/C15H33NO/c1-3-5-7-8-11-15(10-6-4-2)14-17-13-9-12-16/h15H,3-14,16H2,1-2H3. The smallest absolute Gasteiger partial charge is 0.0494 e. The molecule has 0 spiro atoms. The van der Waals surface area contributed by atoms with Gasteiger partial charge in [0.1, 0.15) is 0 Å². The van der Waals surface area contributed by atoms with Gasteiger partial charge in [0.2, 0.25) is 0 Å². The molecule has 0 aromatic heterocycles. The topological polar surface area (TPSA) is 35.2 Å². The molecule has 0 aliphatic carbocycles. The first kappa shape index (κ1) is 16.9. The van der Waals surface area contributed by atoms with Crippen molar-refractivity contribution >= 4 is 0 Å². The van der Waals surface area contributed by atoms with Crippen LogP contribution in [0.1, 0.15) is 71.6 Å². The first-order valence-corrected chi connectivity index (χ1v) is 7.62. The van der Waals surface area contributed by atoms with Crippen LogP contribution in [0.3, 0.4) is 0 Å². The molecule has 0 aliphatic heterocycles. The van der Waals surface area contributed by atoms with Crippen LogP contribution in [-0.2, 0) is 4.74 Å². The summed E-state index contributed by atoms with van der Waals surface area (Å²) in [6.45, 7) is 7.07. The molecule has 0 amide bonds. The summed E-state index contributed by atoms with van der Waals surface area (Å²) >= 11 is 0. The highest BCUT2D eigenvalue weighted by Gasteiger charge is 2.08. The van der Waals surface area contributed by atoms with Crippen molar-refractivity contribution in [2.75, 3.05) is 19.8 Å². The van der Waals surface area contributed by atoms with Gasteiger partial charge in [-0.15, -0.1) is 0 Å². The van der Waals surface area contributed by atoms with Crippen molar-refractivity contribution in [1.29, 1.82) is 0 Å². The molecule has 0 bridgehead atoms. The Bertz CT molecular complexity index is 127. The molecule has 0 rings (SSSR count). The molecule has 0 fully saturated rings. The zero-order chi connectivity index (χ0) is 12.8. The summed E-state index contributed by atoms with van der Waals surface area (Å²) in [6, 6.07) is 0. The molecule has 2 nitrogen and oxygen atoms in total. The minimum atomic E-state index is 0.746.